The summed E-state index contributed by atoms with van der Waals surface area (Å²) in [7, 11) is 0. The fraction of sp³-hybridized carbons (Fsp3) is 0.579. The van der Waals surface area contributed by atoms with Gasteiger partial charge in [0.05, 0.1) is 6.54 Å². The number of benzene rings is 1. The average molecular weight is 364 g/mol. The van der Waals surface area contributed by atoms with Crippen LogP contribution in [0.2, 0.25) is 5.02 Å². The van der Waals surface area contributed by atoms with Gasteiger partial charge in [-0.25, -0.2) is 0 Å². The van der Waals surface area contributed by atoms with Gasteiger partial charge in [-0.05, 0) is 56.7 Å². The van der Waals surface area contributed by atoms with Crippen LogP contribution >= 0.6 is 11.6 Å². The van der Waals surface area contributed by atoms with Crippen molar-refractivity contribution in [2.24, 2.45) is 0 Å². The topological polar surface area (TPSA) is 61.4 Å². The van der Waals surface area contributed by atoms with E-state index >= 15 is 0 Å². The number of rotatable bonds is 5. The first-order valence-electron chi connectivity index (χ1n) is 9.18. The van der Waals surface area contributed by atoms with E-state index in [1.165, 1.54) is 0 Å². The van der Waals surface area contributed by atoms with Gasteiger partial charge in [-0.1, -0.05) is 29.8 Å². The van der Waals surface area contributed by atoms with Crippen molar-refractivity contribution in [1.29, 1.82) is 0 Å². The van der Waals surface area contributed by atoms with Gasteiger partial charge in [0.1, 0.15) is 6.04 Å². The zero-order valence-electron chi connectivity index (χ0n) is 14.5. The third-order valence-corrected chi connectivity index (χ3v) is 5.50. The van der Waals surface area contributed by atoms with Gasteiger partial charge >= 0.3 is 0 Å². The van der Waals surface area contributed by atoms with Crippen molar-refractivity contribution in [2.45, 2.75) is 50.6 Å². The van der Waals surface area contributed by atoms with E-state index in [0.717, 1.165) is 55.7 Å². The van der Waals surface area contributed by atoms with E-state index in [2.05, 4.69) is 21.6 Å². The first-order chi connectivity index (χ1) is 12.1. The summed E-state index contributed by atoms with van der Waals surface area (Å²) >= 11 is 6.27. The van der Waals surface area contributed by atoms with Crippen molar-refractivity contribution < 1.29 is 9.59 Å². The van der Waals surface area contributed by atoms with Crippen LogP contribution in [0.3, 0.4) is 0 Å². The summed E-state index contributed by atoms with van der Waals surface area (Å²) in [6.07, 6.45) is 5.68. The Kier molecular flexibility index (Phi) is 6.32. The number of nitrogens with zero attached hydrogens (tertiary/aromatic N) is 1. The molecular formula is C19H26ClN3O2. The maximum absolute atomic E-state index is 12.4. The Balaban J connectivity index is 1.54. The van der Waals surface area contributed by atoms with E-state index < -0.39 is 0 Å². The minimum atomic E-state index is -0.389. The lowest BCUT2D eigenvalue weighted by molar-refractivity contribution is -0.129. The molecule has 6 heteroatoms. The Bertz CT molecular complexity index is 622. The highest BCUT2D eigenvalue weighted by molar-refractivity contribution is 6.31. The molecule has 2 atom stereocenters. The zero-order chi connectivity index (χ0) is 17.6. The Morgan fingerprint density at radius 3 is 2.92 bits per heavy atom. The molecule has 2 heterocycles. The van der Waals surface area contributed by atoms with Gasteiger partial charge in [0.2, 0.25) is 11.8 Å². The van der Waals surface area contributed by atoms with Crippen molar-refractivity contribution >= 4 is 23.4 Å². The fourth-order valence-electron chi connectivity index (χ4n) is 3.75. The summed E-state index contributed by atoms with van der Waals surface area (Å²) < 4.78 is 0. The molecule has 0 bridgehead atoms. The molecule has 25 heavy (non-hydrogen) atoms. The van der Waals surface area contributed by atoms with Crippen molar-refractivity contribution in [3.05, 3.63) is 34.9 Å². The highest BCUT2D eigenvalue weighted by atomic mass is 35.5. The summed E-state index contributed by atoms with van der Waals surface area (Å²) in [5.41, 5.74) is 1.13. The van der Waals surface area contributed by atoms with Crippen LogP contribution in [0.25, 0.3) is 0 Å². The summed E-state index contributed by atoms with van der Waals surface area (Å²) in [4.78, 5) is 26.6. The predicted octanol–water partition coefficient (Wildman–Crippen LogP) is 2.13. The largest absolute Gasteiger partial charge is 0.354 e. The first kappa shape index (κ1) is 18.2. The molecule has 2 aliphatic rings. The molecule has 3 rings (SSSR count). The quantitative estimate of drug-likeness (QED) is 0.842. The Morgan fingerprint density at radius 1 is 1.24 bits per heavy atom. The highest BCUT2D eigenvalue weighted by Gasteiger charge is 2.28. The third kappa shape index (κ3) is 4.95. The molecule has 1 aromatic rings. The molecular weight excluding hydrogens is 338 g/mol. The van der Waals surface area contributed by atoms with Crippen molar-refractivity contribution in [2.75, 3.05) is 19.6 Å². The molecule has 2 N–H and O–H groups in total. The third-order valence-electron chi connectivity index (χ3n) is 5.13. The van der Waals surface area contributed by atoms with Gasteiger partial charge < -0.3 is 10.6 Å². The van der Waals surface area contributed by atoms with E-state index in [0.29, 0.717) is 19.1 Å². The van der Waals surface area contributed by atoms with Gasteiger partial charge in [0, 0.05) is 17.6 Å². The normalized spacial score (nSPS) is 24.6. The predicted molar refractivity (Wildman–Crippen MR) is 98.5 cm³/mol. The van der Waals surface area contributed by atoms with E-state index in [9.17, 15) is 9.59 Å². The SMILES string of the molecule is O=C(CN1CCC[C@H]1Cc1ccccc1Cl)N[C@H]1CCCCNC1=O. The average Bonchev–Trinajstić information content (AvgIpc) is 2.91. The molecule has 1 aromatic carbocycles. The number of nitrogens with one attached hydrogen (secondary N) is 2. The van der Waals surface area contributed by atoms with Gasteiger partial charge in [0.25, 0.3) is 0 Å². The molecule has 0 saturated carbocycles. The standard InChI is InChI=1S/C19H26ClN3O2/c20-16-8-2-1-6-14(16)12-15-7-5-11-23(15)13-18(24)22-17-9-3-4-10-21-19(17)25/h1-2,6,8,15,17H,3-5,7,9-13H2,(H,21,25)(H,22,24)/t15-,17-/m0/s1. The number of likely N-dealkylation sites (tertiary alicyclic amines) is 1. The molecule has 0 aromatic heterocycles. The highest BCUT2D eigenvalue weighted by Crippen LogP contribution is 2.24. The first-order valence-corrected chi connectivity index (χ1v) is 9.56. The molecule has 0 aliphatic carbocycles. The number of carbonyl (C=O) groups excluding carboxylic acids is 2. The maximum Gasteiger partial charge on any atom is 0.242 e. The molecule has 5 nitrogen and oxygen atoms in total. The monoisotopic (exact) mass is 363 g/mol. The molecule has 2 fully saturated rings. The molecule has 2 aliphatic heterocycles. The lowest BCUT2D eigenvalue weighted by Crippen LogP contribution is -2.49. The van der Waals surface area contributed by atoms with E-state index in [1.807, 2.05) is 18.2 Å². The van der Waals surface area contributed by atoms with Gasteiger partial charge in [-0.3, -0.25) is 14.5 Å². The zero-order valence-corrected chi connectivity index (χ0v) is 15.2. The van der Waals surface area contributed by atoms with Gasteiger partial charge in [-0.2, -0.15) is 0 Å². The van der Waals surface area contributed by atoms with E-state index in [1.54, 1.807) is 0 Å². The number of hydrogen-bond acceptors (Lipinski definition) is 3. The van der Waals surface area contributed by atoms with Gasteiger partial charge in [0.15, 0.2) is 0 Å². The lowest BCUT2D eigenvalue weighted by Gasteiger charge is -2.25. The Hall–Kier alpha value is -1.59. The Morgan fingerprint density at radius 2 is 2.08 bits per heavy atom. The molecule has 0 unspecified atom stereocenters. The Labute approximate surface area is 154 Å². The van der Waals surface area contributed by atoms with Crippen LogP contribution in [0.5, 0.6) is 0 Å². The van der Waals surface area contributed by atoms with Gasteiger partial charge in [-0.15, -0.1) is 0 Å². The second-order valence-corrected chi connectivity index (χ2v) is 7.38. The minimum absolute atomic E-state index is 0.0557. The number of amides is 2. The van der Waals surface area contributed by atoms with Crippen molar-refractivity contribution in [1.82, 2.24) is 15.5 Å². The summed E-state index contributed by atoms with van der Waals surface area (Å²) in [5.74, 6) is -0.118. The van der Waals surface area contributed by atoms with Crippen molar-refractivity contribution in [3.8, 4) is 0 Å². The van der Waals surface area contributed by atoms with Crippen LogP contribution in [-0.2, 0) is 16.0 Å². The van der Waals surface area contributed by atoms with Crippen LogP contribution in [0.4, 0.5) is 0 Å². The summed E-state index contributed by atoms with van der Waals surface area (Å²) in [6, 6.07) is 7.83. The van der Waals surface area contributed by atoms with Crippen LogP contribution in [0.1, 0.15) is 37.7 Å². The number of halogens is 1. The molecule has 0 spiro atoms. The lowest BCUT2D eigenvalue weighted by atomic mass is 10.0. The van der Waals surface area contributed by atoms with Crippen LogP contribution in [0, 0.1) is 0 Å². The van der Waals surface area contributed by atoms with Crippen molar-refractivity contribution in [3.63, 3.8) is 0 Å². The number of carbonyl (C=O) groups is 2. The van der Waals surface area contributed by atoms with Crippen LogP contribution in [-0.4, -0.2) is 48.4 Å². The smallest absolute Gasteiger partial charge is 0.242 e. The molecule has 0 radical (unpaired) electrons. The summed E-state index contributed by atoms with van der Waals surface area (Å²) in [5, 5.41) is 6.56. The second kappa shape index (κ2) is 8.68. The molecule has 136 valence electrons. The molecule has 2 amide bonds. The second-order valence-electron chi connectivity index (χ2n) is 6.97. The molecule has 2 saturated heterocycles. The summed E-state index contributed by atoms with van der Waals surface area (Å²) in [6.45, 7) is 1.97. The van der Waals surface area contributed by atoms with E-state index in [4.69, 9.17) is 11.6 Å². The number of hydrogen-bond donors (Lipinski definition) is 2. The maximum atomic E-state index is 12.4. The fourth-order valence-corrected chi connectivity index (χ4v) is 3.97. The van der Waals surface area contributed by atoms with E-state index in [-0.39, 0.29) is 17.9 Å². The minimum Gasteiger partial charge on any atom is -0.354 e. The van der Waals surface area contributed by atoms with Crippen LogP contribution < -0.4 is 10.6 Å². The van der Waals surface area contributed by atoms with Crippen LogP contribution in [0.15, 0.2) is 24.3 Å².